The second-order valence-electron chi connectivity index (χ2n) is 6.45. The Hall–Kier alpha value is -2.13. The first kappa shape index (κ1) is 18.7. The molecule has 1 aromatic carbocycles. The SMILES string of the molecule is COc1ccc(S(=O)(=O)N2CCN(C(=O)CNC(=O)C3CC3)CC2)cc1. The molecule has 0 atom stereocenters. The van der Waals surface area contributed by atoms with E-state index in [9.17, 15) is 18.0 Å². The van der Waals surface area contributed by atoms with Gasteiger partial charge in [0.1, 0.15) is 5.75 Å². The van der Waals surface area contributed by atoms with Crippen LogP contribution in [0.25, 0.3) is 0 Å². The van der Waals surface area contributed by atoms with Crippen molar-refractivity contribution in [1.82, 2.24) is 14.5 Å². The van der Waals surface area contributed by atoms with Crippen LogP contribution in [0.5, 0.6) is 5.75 Å². The molecule has 1 heterocycles. The average Bonchev–Trinajstić information content (AvgIpc) is 3.51. The van der Waals surface area contributed by atoms with Crippen molar-refractivity contribution in [1.29, 1.82) is 0 Å². The van der Waals surface area contributed by atoms with E-state index >= 15 is 0 Å². The molecule has 8 nitrogen and oxygen atoms in total. The summed E-state index contributed by atoms with van der Waals surface area (Å²) < 4.78 is 31.8. The van der Waals surface area contributed by atoms with Gasteiger partial charge in [0.05, 0.1) is 18.6 Å². The van der Waals surface area contributed by atoms with E-state index in [1.165, 1.54) is 23.5 Å². The van der Waals surface area contributed by atoms with E-state index < -0.39 is 10.0 Å². The monoisotopic (exact) mass is 381 g/mol. The second kappa shape index (κ2) is 7.63. The molecule has 1 saturated carbocycles. The first-order valence-corrected chi connectivity index (χ1v) is 10.1. The van der Waals surface area contributed by atoms with Gasteiger partial charge < -0.3 is 15.0 Å². The molecule has 1 aliphatic heterocycles. The van der Waals surface area contributed by atoms with Crippen molar-refractivity contribution in [3.05, 3.63) is 24.3 Å². The highest BCUT2D eigenvalue weighted by Crippen LogP contribution is 2.28. The van der Waals surface area contributed by atoms with Gasteiger partial charge in [0.15, 0.2) is 0 Å². The summed E-state index contributed by atoms with van der Waals surface area (Å²) in [5.74, 6) is 0.404. The zero-order chi connectivity index (χ0) is 18.7. The summed E-state index contributed by atoms with van der Waals surface area (Å²) in [6.45, 7) is 1.06. The van der Waals surface area contributed by atoms with Gasteiger partial charge in [-0.2, -0.15) is 4.31 Å². The summed E-state index contributed by atoms with van der Waals surface area (Å²) in [7, 11) is -2.07. The molecule has 0 unspecified atom stereocenters. The van der Waals surface area contributed by atoms with Gasteiger partial charge in [-0.25, -0.2) is 8.42 Å². The highest BCUT2D eigenvalue weighted by atomic mass is 32.2. The third kappa shape index (κ3) is 4.16. The largest absolute Gasteiger partial charge is 0.497 e. The number of benzene rings is 1. The Morgan fingerprint density at radius 1 is 1.12 bits per heavy atom. The Balaban J connectivity index is 1.53. The van der Waals surface area contributed by atoms with Crippen molar-refractivity contribution in [2.24, 2.45) is 5.92 Å². The van der Waals surface area contributed by atoms with Crippen LogP contribution >= 0.6 is 0 Å². The highest BCUT2D eigenvalue weighted by Gasteiger charge is 2.32. The molecule has 2 fully saturated rings. The molecule has 1 aromatic rings. The topological polar surface area (TPSA) is 96.0 Å². The number of carbonyl (C=O) groups is 2. The number of carbonyl (C=O) groups excluding carboxylic acids is 2. The zero-order valence-corrected chi connectivity index (χ0v) is 15.5. The minimum atomic E-state index is -3.59. The molecule has 2 aliphatic rings. The molecule has 1 N–H and O–H groups in total. The summed E-state index contributed by atoms with van der Waals surface area (Å²) >= 11 is 0. The van der Waals surface area contributed by atoms with E-state index in [0.717, 1.165) is 12.8 Å². The van der Waals surface area contributed by atoms with Gasteiger partial charge in [0.2, 0.25) is 21.8 Å². The van der Waals surface area contributed by atoms with Crippen LogP contribution in [0.1, 0.15) is 12.8 Å². The van der Waals surface area contributed by atoms with Crippen LogP contribution in [0.2, 0.25) is 0 Å². The van der Waals surface area contributed by atoms with Crippen LogP contribution < -0.4 is 10.1 Å². The summed E-state index contributed by atoms with van der Waals surface area (Å²) in [4.78, 5) is 25.6. The Labute approximate surface area is 153 Å². The molecule has 0 spiro atoms. The standard InChI is InChI=1S/C17H23N3O5S/c1-25-14-4-6-15(7-5-14)26(23,24)20-10-8-19(9-11-20)16(21)12-18-17(22)13-2-3-13/h4-7,13H,2-3,8-12H2,1H3,(H,18,22). The van der Waals surface area contributed by atoms with E-state index in [0.29, 0.717) is 18.8 Å². The number of hydrogen-bond donors (Lipinski definition) is 1. The van der Waals surface area contributed by atoms with Crippen molar-refractivity contribution in [2.45, 2.75) is 17.7 Å². The van der Waals surface area contributed by atoms with Crippen LogP contribution in [0.4, 0.5) is 0 Å². The fraction of sp³-hybridized carbons (Fsp3) is 0.529. The molecule has 1 saturated heterocycles. The minimum absolute atomic E-state index is 0.0272. The van der Waals surface area contributed by atoms with Crippen molar-refractivity contribution >= 4 is 21.8 Å². The lowest BCUT2D eigenvalue weighted by atomic mass is 10.3. The van der Waals surface area contributed by atoms with Gasteiger partial charge in [-0.3, -0.25) is 9.59 Å². The quantitative estimate of drug-likeness (QED) is 0.751. The number of rotatable bonds is 6. The van der Waals surface area contributed by atoms with Crippen molar-refractivity contribution in [3.63, 3.8) is 0 Å². The van der Waals surface area contributed by atoms with Crippen molar-refractivity contribution in [2.75, 3.05) is 39.8 Å². The van der Waals surface area contributed by atoms with E-state index in [1.54, 1.807) is 17.0 Å². The molecule has 0 bridgehead atoms. The Morgan fingerprint density at radius 2 is 1.73 bits per heavy atom. The van der Waals surface area contributed by atoms with Crippen LogP contribution in [-0.4, -0.2) is 69.3 Å². The molecule has 1 aliphatic carbocycles. The van der Waals surface area contributed by atoms with Crippen LogP contribution in [0.3, 0.4) is 0 Å². The number of nitrogens with one attached hydrogen (secondary N) is 1. The molecule has 0 aromatic heterocycles. The number of hydrogen-bond acceptors (Lipinski definition) is 5. The maximum Gasteiger partial charge on any atom is 0.243 e. The van der Waals surface area contributed by atoms with Crippen LogP contribution in [-0.2, 0) is 19.6 Å². The molecular weight excluding hydrogens is 358 g/mol. The number of sulfonamides is 1. The maximum absolute atomic E-state index is 12.7. The number of methoxy groups -OCH3 is 1. The lowest BCUT2D eigenvalue weighted by Crippen LogP contribution is -2.52. The molecule has 0 radical (unpaired) electrons. The molecule has 3 rings (SSSR count). The predicted molar refractivity (Wildman–Crippen MR) is 94.1 cm³/mol. The van der Waals surface area contributed by atoms with Gasteiger partial charge >= 0.3 is 0 Å². The summed E-state index contributed by atoms with van der Waals surface area (Å²) in [6.07, 6.45) is 1.78. The Morgan fingerprint density at radius 3 is 2.27 bits per heavy atom. The van der Waals surface area contributed by atoms with E-state index in [2.05, 4.69) is 5.32 Å². The first-order chi connectivity index (χ1) is 12.4. The molecular formula is C17H23N3O5S. The van der Waals surface area contributed by atoms with E-state index in [1.807, 2.05) is 0 Å². The predicted octanol–water partition coefficient (Wildman–Crippen LogP) is 0.0543. The van der Waals surface area contributed by atoms with Crippen molar-refractivity contribution in [3.8, 4) is 5.75 Å². The number of nitrogens with zero attached hydrogens (tertiary/aromatic N) is 2. The third-order valence-corrected chi connectivity index (χ3v) is 6.56. The average molecular weight is 381 g/mol. The van der Waals surface area contributed by atoms with Gasteiger partial charge in [-0.05, 0) is 37.1 Å². The van der Waals surface area contributed by atoms with E-state index in [-0.39, 0.29) is 42.3 Å². The van der Waals surface area contributed by atoms with E-state index in [4.69, 9.17) is 4.74 Å². The molecule has 142 valence electrons. The Bertz CT molecular complexity index is 766. The van der Waals surface area contributed by atoms with Crippen molar-refractivity contribution < 1.29 is 22.7 Å². The lowest BCUT2D eigenvalue weighted by Gasteiger charge is -2.34. The first-order valence-electron chi connectivity index (χ1n) is 8.61. The smallest absolute Gasteiger partial charge is 0.243 e. The number of amides is 2. The molecule has 2 amide bonds. The maximum atomic E-state index is 12.7. The fourth-order valence-electron chi connectivity index (χ4n) is 2.84. The van der Waals surface area contributed by atoms with Gasteiger partial charge in [-0.1, -0.05) is 0 Å². The van der Waals surface area contributed by atoms with Gasteiger partial charge in [0.25, 0.3) is 0 Å². The normalized spacial score (nSPS) is 18.4. The highest BCUT2D eigenvalue weighted by molar-refractivity contribution is 7.89. The van der Waals surface area contributed by atoms with Crippen LogP contribution in [0.15, 0.2) is 29.2 Å². The number of piperazine rings is 1. The number of ether oxygens (including phenoxy) is 1. The summed E-state index contributed by atoms with van der Waals surface area (Å²) in [6, 6.07) is 6.24. The molecule has 9 heteroatoms. The molecule has 26 heavy (non-hydrogen) atoms. The third-order valence-electron chi connectivity index (χ3n) is 4.65. The van der Waals surface area contributed by atoms with Gasteiger partial charge in [0, 0.05) is 32.1 Å². The Kier molecular flexibility index (Phi) is 5.47. The fourth-order valence-corrected chi connectivity index (χ4v) is 4.26. The summed E-state index contributed by atoms with van der Waals surface area (Å²) in [5.41, 5.74) is 0. The van der Waals surface area contributed by atoms with Crippen LogP contribution in [0, 0.1) is 5.92 Å². The minimum Gasteiger partial charge on any atom is -0.497 e. The summed E-state index contributed by atoms with van der Waals surface area (Å²) in [5, 5.41) is 2.65. The second-order valence-corrected chi connectivity index (χ2v) is 8.39. The zero-order valence-electron chi connectivity index (χ0n) is 14.7. The van der Waals surface area contributed by atoms with Gasteiger partial charge in [-0.15, -0.1) is 0 Å². The lowest BCUT2D eigenvalue weighted by molar-refractivity contribution is -0.134.